The standard InChI is InChI=1S/C14H29NOS/c16-13-14-8-10-15(12-14)9-6-4-2-1-3-5-7-11-17/h14,16-17H,1-13H2. The van der Waals surface area contributed by atoms with Crippen LogP contribution in [0.25, 0.3) is 0 Å². The summed E-state index contributed by atoms with van der Waals surface area (Å²) >= 11 is 4.22. The molecule has 1 aliphatic heterocycles. The molecule has 1 atom stereocenters. The van der Waals surface area contributed by atoms with E-state index in [0.29, 0.717) is 12.5 Å². The number of rotatable bonds is 10. The summed E-state index contributed by atoms with van der Waals surface area (Å²) in [5, 5.41) is 9.06. The van der Waals surface area contributed by atoms with Crippen molar-refractivity contribution in [3.8, 4) is 0 Å². The molecule has 1 heterocycles. The zero-order valence-electron chi connectivity index (χ0n) is 11.1. The third kappa shape index (κ3) is 7.32. The second kappa shape index (κ2) is 10.2. The van der Waals surface area contributed by atoms with Crippen molar-refractivity contribution in [3.05, 3.63) is 0 Å². The lowest BCUT2D eigenvalue weighted by Gasteiger charge is -2.15. The van der Waals surface area contributed by atoms with Crippen LogP contribution in [0.5, 0.6) is 0 Å². The van der Waals surface area contributed by atoms with Gasteiger partial charge in [0.2, 0.25) is 0 Å². The lowest BCUT2D eigenvalue weighted by molar-refractivity contribution is 0.221. The van der Waals surface area contributed by atoms with Crippen LogP contribution in [-0.4, -0.2) is 42.0 Å². The van der Waals surface area contributed by atoms with Gasteiger partial charge in [-0.2, -0.15) is 12.6 Å². The molecule has 1 unspecified atom stereocenters. The molecule has 1 fully saturated rings. The second-order valence-corrected chi connectivity index (χ2v) is 5.78. The van der Waals surface area contributed by atoms with Crippen LogP contribution < -0.4 is 0 Å². The van der Waals surface area contributed by atoms with Crippen LogP contribution in [0.1, 0.15) is 51.4 Å². The van der Waals surface area contributed by atoms with Gasteiger partial charge in [0.25, 0.3) is 0 Å². The maximum Gasteiger partial charge on any atom is 0.0471 e. The average molecular weight is 259 g/mol. The first-order valence-electron chi connectivity index (χ1n) is 7.31. The van der Waals surface area contributed by atoms with Gasteiger partial charge in [0, 0.05) is 13.2 Å². The second-order valence-electron chi connectivity index (χ2n) is 5.34. The predicted molar refractivity (Wildman–Crippen MR) is 77.8 cm³/mol. The molecule has 102 valence electrons. The Morgan fingerprint density at radius 2 is 1.65 bits per heavy atom. The largest absolute Gasteiger partial charge is 0.396 e. The minimum absolute atomic E-state index is 0.377. The fourth-order valence-corrected chi connectivity index (χ4v) is 2.82. The first kappa shape index (κ1) is 15.3. The van der Waals surface area contributed by atoms with E-state index in [2.05, 4.69) is 17.5 Å². The van der Waals surface area contributed by atoms with Gasteiger partial charge in [-0.1, -0.05) is 32.1 Å². The van der Waals surface area contributed by atoms with Crippen molar-refractivity contribution in [2.24, 2.45) is 5.92 Å². The quantitative estimate of drug-likeness (QED) is 0.465. The highest BCUT2D eigenvalue weighted by atomic mass is 32.1. The van der Waals surface area contributed by atoms with Crippen molar-refractivity contribution < 1.29 is 5.11 Å². The van der Waals surface area contributed by atoms with Gasteiger partial charge in [-0.3, -0.25) is 0 Å². The molecule has 3 heteroatoms. The van der Waals surface area contributed by atoms with Crippen molar-refractivity contribution in [3.63, 3.8) is 0 Å². The van der Waals surface area contributed by atoms with E-state index in [9.17, 15) is 0 Å². The van der Waals surface area contributed by atoms with Crippen molar-refractivity contribution in [1.29, 1.82) is 0 Å². The summed E-state index contributed by atoms with van der Waals surface area (Å²) in [6, 6.07) is 0. The third-order valence-corrected chi connectivity index (χ3v) is 4.08. The number of unbranched alkanes of at least 4 members (excludes halogenated alkanes) is 6. The Kier molecular flexibility index (Phi) is 9.21. The summed E-state index contributed by atoms with van der Waals surface area (Å²) in [5.41, 5.74) is 0. The first-order valence-corrected chi connectivity index (χ1v) is 7.94. The molecular weight excluding hydrogens is 230 g/mol. The minimum Gasteiger partial charge on any atom is -0.396 e. The van der Waals surface area contributed by atoms with E-state index in [1.165, 1.54) is 64.5 Å². The van der Waals surface area contributed by atoms with E-state index < -0.39 is 0 Å². The summed E-state index contributed by atoms with van der Waals surface area (Å²) in [7, 11) is 0. The third-order valence-electron chi connectivity index (χ3n) is 3.76. The zero-order valence-corrected chi connectivity index (χ0v) is 12.0. The number of thiol groups is 1. The smallest absolute Gasteiger partial charge is 0.0471 e. The molecule has 0 bridgehead atoms. The topological polar surface area (TPSA) is 23.5 Å². The number of nitrogens with zero attached hydrogens (tertiary/aromatic N) is 1. The van der Waals surface area contributed by atoms with E-state index in [1.807, 2.05) is 0 Å². The Morgan fingerprint density at radius 3 is 2.24 bits per heavy atom. The molecule has 0 aromatic rings. The lowest BCUT2D eigenvalue weighted by Crippen LogP contribution is -2.22. The highest BCUT2D eigenvalue weighted by Crippen LogP contribution is 2.16. The number of likely N-dealkylation sites (tertiary alicyclic amines) is 1. The van der Waals surface area contributed by atoms with E-state index in [1.54, 1.807) is 0 Å². The Hall–Kier alpha value is 0.270. The van der Waals surface area contributed by atoms with E-state index >= 15 is 0 Å². The van der Waals surface area contributed by atoms with Gasteiger partial charge in [0.05, 0.1) is 0 Å². The molecule has 0 aromatic carbocycles. The Morgan fingerprint density at radius 1 is 1.00 bits per heavy atom. The number of aliphatic hydroxyl groups is 1. The summed E-state index contributed by atoms with van der Waals surface area (Å²) < 4.78 is 0. The molecule has 1 rings (SSSR count). The van der Waals surface area contributed by atoms with Crippen LogP contribution in [0.4, 0.5) is 0 Å². The SMILES string of the molecule is OCC1CCN(CCCCCCCCCS)C1. The van der Waals surface area contributed by atoms with Gasteiger partial charge >= 0.3 is 0 Å². The molecule has 0 saturated carbocycles. The van der Waals surface area contributed by atoms with Gasteiger partial charge in [-0.05, 0) is 44.0 Å². The zero-order chi connectivity index (χ0) is 12.3. The molecule has 1 N–H and O–H groups in total. The van der Waals surface area contributed by atoms with Crippen LogP contribution in [0.15, 0.2) is 0 Å². The Balaban J connectivity index is 1.81. The molecule has 1 aliphatic rings. The fourth-order valence-electron chi connectivity index (χ4n) is 2.60. The number of aliphatic hydroxyl groups excluding tert-OH is 1. The van der Waals surface area contributed by atoms with Crippen LogP contribution in [0.2, 0.25) is 0 Å². The van der Waals surface area contributed by atoms with Crippen LogP contribution in [-0.2, 0) is 0 Å². The molecule has 0 amide bonds. The molecular formula is C14H29NOS. The van der Waals surface area contributed by atoms with E-state index in [4.69, 9.17) is 5.11 Å². The average Bonchev–Trinajstić information content (AvgIpc) is 2.80. The summed E-state index contributed by atoms with van der Waals surface area (Å²) in [6.45, 7) is 3.94. The maximum absolute atomic E-state index is 9.06. The normalized spacial score (nSPS) is 21.2. The predicted octanol–water partition coefficient (Wildman–Crippen LogP) is 2.96. The molecule has 1 saturated heterocycles. The highest BCUT2D eigenvalue weighted by Gasteiger charge is 2.20. The Bertz CT molecular complexity index is 178. The first-order chi connectivity index (χ1) is 8.36. The minimum atomic E-state index is 0.377. The van der Waals surface area contributed by atoms with Gasteiger partial charge in [-0.15, -0.1) is 0 Å². The van der Waals surface area contributed by atoms with Crippen molar-refractivity contribution in [1.82, 2.24) is 4.90 Å². The molecule has 0 spiro atoms. The Labute approximate surface area is 112 Å². The van der Waals surface area contributed by atoms with Gasteiger partial charge in [0.1, 0.15) is 0 Å². The molecule has 17 heavy (non-hydrogen) atoms. The van der Waals surface area contributed by atoms with E-state index in [-0.39, 0.29) is 0 Å². The molecule has 0 radical (unpaired) electrons. The van der Waals surface area contributed by atoms with Crippen molar-refractivity contribution in [2.45, 2.75) is 51.4 Å². The molecule has 0 aromatic heterocycles. The van der Waals surface area contributed by atoms with Crippen molar-refractivity contribution >= 4 is 12.6 Å². The van der Waals surface area contributed by atoms with Gasteiger partial charge in [-0.25, -0.2) is 0 Å². The summed E-state index contributed by atoms with van der Waals surface area (Å²) in [6.07, 6.45) is 10.7. The fraction of sp³-hybridized carbons (Fsp3) is 1.00. The lowest BCUT2D eigenvalue weighted by atomic mass is 10.1. The maximum atomic E-state index is 9.06. The highest BCUT2D eigenvalue weighted by molar-refractivity contribution is 7.80. The van der Waals surface area contributed by atoms with Crippen LogP contribution >= 0.6 is 12.6 Å². The van der Waals surface area contributed by atoms with Gasteiger partial charge < -0.3 is 10.0 Å². The summed E-state index contributed by atoms with van der Waals surface area (Å²) in [4.78, 5) is 2.52. The van der Waals surface area contributed by atoms with Gasteiger partial charge in [0.15, 0.2) is 0 Å². The summed E-state index contributed by atoms with van der Waals surface area (Å²) in [5.74, 6) is 1.59. The monoisotopic (exact) mass is 259 g/mol. The van der Waals surface area contributed by atoms with Crippen molar-refractivity contribution in [2.75, 3.05) is 32.0 Å². The number of hydrogen-bond donors (Lipinski definition) is 2. The van der Waals surface area contributed by atoms with Crippen LogP contribution in [0, 0.1) is 5.92 Å². The molecule has 0 aliphatic carbocycles. The van der Waals surface area contributed by atoms with E-state index in [0.717, 1.165) is 12.3 Å². The molecule has 2 nitrogen and oxygen atoms in total. The number of hydrogen-bond acceptors (Lipinski definition) is 3. The van der Waals surface area contributed by atoms with Crippen LogP contribution in [0.3, 0.4) is 0 Å².